The van der Waals surface area contributed by atoms with Crippen molar-refractivity contribution in [3.63, 3.8) is 0 Å². The topological polar surface area (TPSA) is 88.9 Å². The molecule has 3 heterocycles. The lowest BCUT2D eigenvalue weighted by atomic mass is 10.0. The lowest BCUT2D eigenvalue weighted by Crippen LogP contribution is -2.40. The molecule has 0 radical (unpaired) electrons. The second-order valence-corrected chi connectivity index (χ2v) is 8.76. The highest BCUT2D eigenvalue weighted by Crippen LogP contribution is 2.26. The van der Waals surface area contributed by atoms with Crippen molar-refractivity contribution >= 4 is 23.4 Å². The molecular formula is C23H27F2N5O2. The van der Waals surface area contributed by atoms with E-state index in [0.717, 1.165) is 5.39 Å². The monoisotopic (exact) mass is 443 g/mol. The van der Waals surface area contributed by atoms with E-state index >= 15 is 0 Å². The molecule has 0 bridgehead atoms. The fourth-order valence-corrected chi connectivity index (χ4v) is 3.28. The van der Waals surface area contributed by atoms with E-state index in [2.05, 4.69) is 20.6 Å². The van der Waals surface area contributed by atoms with Gasteiger partial charge in [-0.2, -0.15) is 0 Å². The molecule has 3 aromatic heterocycles. The predicted molar refractivity (Wildman–Crippen MR) is 118 cm³/mol. The molecule has 3 aromatic rings. The highest BCUT2D eigenvalue weighted by Gasteiger charge is 2.27. The molecule has 0 saturated carbocycles. The van der Waals surface area contributed by atoms with Gasteiger partial charge in [-0.25, -0.2) is 13.8 Å². The van der Waals surface area contributed by atoms with Gasteiger partial charge in [0.05, 0.1) is 17.4 Å². The normalized spacial score (nSPS) is 12.0. The van der Waals surface area contributed by atoms with Gasteiger partial charge in [0, 0.05) is 48.9 Å². The highest BCUT2D eigenvalue weighted by molar-refractivity contribution is 5.95. The maximum absolute atomic E-state index is 14.0. The number of carbonyl (C=O) groups excluding carboxylic acids is 2. The summed E-state index contributed by atoms with van der Waals surface area (Å²) < 4.78 is 29.7. The summed E-state index contributed by atoms with van der Waals surface area (Å²) in [7, 11) is 0. The largest absolute Gasteiger partial charge is 0.358 e. The van der Waals surface area contributed by atoms with E-state index in [0.29, 0.717) is 28.9 Å². The Bertz CT molecular complexity index is 1110. The zero-order chi connectivity index (χ0) is 23.4. The molecule has 0 atom stereocenters. The van der Waals surface area contributed by atoms with Gasteiger partial charge in [-0.3, -0.25) is 19.1 Å². The molecule has 32 heavy (non-hydrogen) atoms. The number of alkyl halides is 2. The minimum Gasteiger partial charge on any atom is -0.358 e. The third kappa shape index (κ3) is 6.09. The van der Waals surface area contributed by atoms with Crippen LogP contribution >= 0.6 is 0 Å². The maximum Gasteiger partial charge on any atom is 0.253 e. The molecule has 170 valence electrons. The number of amides is 2. The van der Waals surface area contributed by atoms with Crippen molar-refractivity contribution in [2.45, 2.75) is 51.5 Å². The van der Waals surface area contributed by atoms with E-state index in [1.807, 2.05) is 39.1 Å². The summed E-state index contributed by atoms with van der Waals surface area (Å²) in [6, 6.07) is 5.42. The van der Waals surface area contributed by atoms with Gasteiger partial charge in [0.1, 0.15) is 5.65 Å². The van der Waals surface area contributed by atoms with Crippen molar-refractivity contribution < 1.29 is 18.4 Å². The maximum atomic E-state index is 14.0. The number of carbonyl (C=O) groups is 2. The van der Waals surface area contributed by atoms with Gasteiger partial charge in [0.2, 0.25) is 12.3 Å². The van der Waals surface area contributed by atoms with E-state index in [1.54, 1.807) is 23.0 Å². The van der Waals surface area contributed by atoms with Gasteiger partial charge >= 0.3 is 0 Å². The fraction of sp³-hybridized carbons (Fsp3) is 0.391. The summed E-state index contributed by atoms with van der Waals surface area (Å²) in [6.45, 7) is 5.65. The average molecular weight is 443 g/mol. The quantitative estimate of drug-likeness (QED) is 0.390. The summed E-state index contributed by atoms with van der Waals surface area (Å²) in [5.41, 5.74) is 2.09. The summed E-state index contributed by atoms with van der Waals surface area (Å²) in [4.78, 5) is 31.3. The number of aryl methyl sites for hydroxylation is 1. The molecule has 3 rings (SSSR count). The summed E-state index contributed by atoms with van der Waals surface area (Å²) in [5, 5.41) is 5.97. The van der Waals surface area contributed by atoms with Crippen LogP contribution in [-0.2, 0) is 11.2 Å². The summed E-state index contributed by atoms with van der Waals surface area (Å²) >= 11 is 0. The summed E-state index contributed by atoms with van der Waals surface area (Å²) in [5.74, 6) is -3.08. The number of nitrogens with zero attached hydrogens (tertiary/aromatic N) is 3. The Morgan fingerprint density at radius 2 is 1.94 bits per heavy atom. The fourth-order valence-electron chi connectivity index (χ4n) is 3.28. The number of hydrogen-bond acceptors (Lipinski definition) is 4. The van der Waals surface area contributed by atoms with E-state index in [1.165, 1.54) is 6.20 Å². The van der Waals surface area contributed by atoms with Crippen molar-refractivity contribution in [1.29, 1.82) is 0 Å². The first-order chi connectivity index (χ1) is 15.1. The van der Waals surface area contributed by atoms with Crippen LogP contribution in [0.5, 0.6) is 0 Å². The van der Waals surface area contributed by atoms with E-state index in [4.69, 9.17) is 0 Å². The number of halogens is 2. The van der Waals surface area contributed by atoms with Gasteiger partial charge in [-0.15, -0.1) is 0 Å². The van der Waals surface area contributed by atoms with Gasteiger partial charge in [-0.1, -0.05) is 0 Å². The average Bonchev–Trinajstić information content (AvgIpc) is 3.15. The Kier molecular flexibility index (Phi) is 6.86. The second-order valence-electron chi connectivity index (χ2n) is 8.76. The standard InChI is InChI=1S/C23H27F2N5O2/c1-22(2,3)29-21(32)18-11-19(14-27-13-18)30-9-5-17-10-16(12-28-20(17)30)4-6-23(24,25)7-8-26-15-31/h5,9-15H,4,6-8H2,1-3H3,(H,26,31)(H,29,32). The van der Waals surface area contributed by atoms with Crippen LogP contribution in [-0.4, -0.2) is 44.9 Å². The van der Waals surface area contributed by atoms with E-state index < -0.39 is 12.3 Å². The van der Waals surface area contributed by atoms with E-state index in [9.17, 15) is 18.4 Å². The lowest BCUT2D eigenvalue weighted by Gasteiger charge is -2.20. The van der Waals surface area contributed by atoms with Crippen LogP contribution in [0.15, 0.2) is 43.0 Å². The van der Waals surface area contributed by atoms with Gasteiger partial charge < -0.3 is 10.6 Å². The number of aromatic nitrogens is 3. The Labute approximate surface area is 185 Å². The van der Waals surface area contributed by atoms with Crippen LogP contribution < -0.4 is 10.6 Å². The number of pyridine rings is 2. The van der Waals surface area contributed by atoms with Gasteiger partial charge in [0.25, 0.3) is 5.91 Å². The van der Waals surface area contributed by atoms with Crippen molar-refractivity contribution in [2.24, 2.45) is 0 Å². The van der Waals surface area contributed by atoms with E-state index in [-0.39, 0.29) is 30.8 Å². The van der Waals surface area contributed by atoms with Crippen molar-refractivity contribution in [1.82, 2.24) is 25.2 Å². The van der Waals surface area contributed by atoms with Crippen LogP contribution in [0.4, 0.5) is 8.78 Å². The third-order valence-corrected chi connectivity index (χ3v) is 4.83. The first-order valence-corrected chi connectivity index (χ1v) is 10.4. The summed E-state index contributed by atoms with van der Waals surface area (Å²) in [6.07, 6.45) is 6.41. The molecule has 0 aliphatic carbocycles. The van der Waals surface area contributed by atoms with Crippen LogP contribution in [0.25, 0.3) is 16.7 Å². The Hall–Kier alpha value is -3.36. The van der Waals surface area contributed by atoms with Crippen molar-refractivity contribution in [3.05, 3.63) is 54.1 Å². The molecule has 0 fully saturated rings. The molecule has 2 N–H and O–H groups in total. The van der Waals surface area contributed by atoms with Crippen LogP contribution in [0.1, 0.15) is 49.5 Å². The molecule has 9 heteroatoms. The molecule has 2 amide bonds. The molecule has 0 aliphatic rings. The van der Waals surface area contributed by atoms with Crippen LogP contribution in [0.3, 0.4) is 0 Å². The number of fused-ring (bicyclic) bond motifs is 1. The zero-order valence-corrected chi connectivity index (χ0v) is 18.4. The molecule has 0 spiro atoms. The Morgan fingerprint density at radius 3 is 2.66 bits per heavy atom. The number of rotatable bonds is 9. The van der Waals surface area contributed by atoms with Crippen LogP contribution in [0.2, 0.25) is 0 Å². The predicted octanol–water partition coefficient (Wildman–Crippen LogP) is 3.65. The molecule has 0 aliphatic heterocycles. The van der Waals surface area contributed by atoms with Gasteiger partial charge in [0.15, 0.2) is 0 Å². The first kappa shape index (κ1) is 23.3. The van der Waals surface area contributed by atoms with Crippen molar-refractivity contribution in [3.8, 4) is 5.69 Å². The molecule has 0 unspecified atom stereocenters. The second kappa shape index (κ2) is 9.42. The van der Waals surface area contributed by atoms with Crippen LogP contribution in [0, 0.1) is 0 Å². The van der Waals surface area contributed by atoms with Crippen molar-refractivity contribution in [2.75, 3.05) is 6.54 Å². The zero-order valence-electron chi connectivity index (χ0n) is 18.4. The number of nitrogens with one attached hydrogen (secondary N) is 2. The minimum atomic E-state index is -2.86. The molecule has 0 saturated heterocycles. The minimum absolute atomic E-state index is 0.0580. The SMILES string of the molecule is CC(C)(C)NC(=O)c1cncc(-n2ccc3cc(CCC(F)(F)CCNC=O)cnc32)c1. The molecule has 0 aromatic carbocycles. The number of hydrogen-bond donors (Lipinski definition) is 2. The lowest BCUT2D eigenvalue weighted by molar-refractivity contribution is -0.109. The molecule has 7 nitrogen and oxygen atoms in total. The third-order valence-electron chi connectivity index (χ3n) is 4.83. The highest BCUT2D eigenvalue weighted by atomic mass is 19.3. The Balaban J connectivity index is 1.76. The van der Waals surface area contributed by atoms with Gasteiger partial charge in [-0.05, 0) is 51.0 Å². The first-order valence-electron chi connectivity index (χ1n) is 10.4. The smallest absolute Gasteiger partial charge is 0.253 e. The Morgan fingerprint density at radius 1 is 1.16 bits per heavy atom. The molecular weight excluding hydrogens is 416 g/mol.